The van der Waals surface area contributed by atoms with Crippen LogP contribution in [0.1, 0.15) is 12.5 Å². The van der Waals surface area contributed by atoms with Gasteiger partial charge in [-0.25, -0.2) is 17.6 Å². The molecular formula is C9H3F8. The van der Waals surface area contributed by atoms with Crippen molar-refractivity contribution in [1.82, 2.24) is 0 Å². The highest BCUT2D eigenvalue weighted by Gasteiger charge is 2.57. The number of hydrogen-bond acceptors (Lipinski definition) is 0. The summed E-state index contributed by atoms with van der Waals surface area (Å²) in [7, 11) is 0. The molecule has 1 aromatic carbocycles. The van der Waals surface area contributed by atoms with E-state index in [0.29, 0.717) is 0 Å². The first-order chi connectivity index (χ1) is 7.50. The van der Waals surface area contributed by atoms with Crippen LogP contribution in [0.25, 0.3) is 0 Å². The first-order valence-electron chi connectivity index (χ1n) is 4.01. The summed E-state index contributed by atoms with van der Waals surface area (Å²) < 4.78 is 102. The van der Waals surface area contributed by atoms with E-state index >= 15 is 0 Å². The van der Waals surface area contributed by atoms with Gasteiger partial charge in [0.1, 0.15) is 5.56 Å². The lowest BCUT2D eigenvalue weighted by molar-refractivity contribution is -0.208. The van der Waals surface area contributed by atoms with E-state index in [9.17, 15) is 35.1 Å². The van der Waals surface area contributed by atoms with Gasteiger partial charge in [0.15, 0.2) is 23.3 Å². The summed E-state index contributed by atoms with van der Waals surface area (Å²) in [6, 6.07) is 0.809. The maximum atomic E-state index is 13.0. The molecule has 0 nitrogen and oxygen atoms in total. The fourth-order valence-electron chi connectivity index (χ4n) is 1.02. The van der Waals surface area contributed by atoms with Crippen LogP contribution in [0.5, 0.6) is 0 Å². The van der Waals surface area contributed by atoms with Gasteiger partial charge >= 0.3 is 11.8 Å². The van der Waals surface area contributed by atoms with E-state index in [-0.39, 0.29) is 6.92 Å². The third-order valence-corrected chi connectivity index (χ3v) is 1.91. The van der Waals surface area contributed by atoms with E-state index in [2.05, 4.69) is 0 Å². The minimum absolute atomic E-state index is 0.335. The van der Waals surface area contributed by atoms with Crippen LogP contribution in [0.15, 0.2) is 0 Å². The normalized spacial score (nSPS) is 13.0. The number of halogens is 8. The van der Waals surface area contributed by atoms with Crippen molar-refractivity contribution in [2.24, 2.45) is 0 Å². The summed E-state index contributed by atoms with van der Waals surface area (Å²) in [5, 5.41) is 0. The van der Waals surface area contributed by atoms with E-state index in [1.165, 1.54) is 0 Å². The second-order valence-corrected chi connectivity index (χ2v) is 3.22. The molecule has 0 heterocycles. The molecule has 0 bridgehead atoms. The molecule has 1 radical (unpaired) electrons. The topological polar surface area (TPSA) is 0 Å². The Balaban J connectivity index is 3.62. The highest BCUT2D eigenvalue weighted by molar-refractivity contribution is 5.27. The standard InChI is InChI=1S/C9H3F8/c1-8(14,15)9(16,17)5-6(12)3(10)2-4(11)7(5)13/h1H3. The van der Waals surface area contributed by atoms with E-state index in [4.69, 9.17) is 0 Å². The SMILES string of the molecule is CC(F)(F)C(F)(F)c1c(F)c(F)[c]c(F)c1F. The molecule has 0 aliphatic rings. The van der Waals surface area contributed by atoms with Gasteiger partial charge in [0, 0.05) is 6.92 Å². The minimum atomic E-state index is -5.39. The zero-order valence-corrected chi connectivity index (χ0v) is 8.02. The molecule has 0 fully saturated rings. The van der Waals surface area contributed by atoms with E-state index in [1.807, 2.05) is 0 Å². The molecule has 0 spiro atoms. The van der Waals surface area contributed by atoms with E-state index in [1.54, 1.807) is 0 Å². The van der Waals surface area contributed by atoms with Crippen molar-refractivity contribution in [1.29, 1.82) is 0 Å². The Morgan fingerprint density at radius 1 is 0.824 bits per heavy atom. The van der Waals surface area contributed by atoms with Gasteiger partial charge in [0.25, 0.3) is 0 Å². The maximum absolute atomic E-state index is 13.0. The van der Waals surface area contributed by atoms with Crippen molar-refractivity contribution >= 4 is 0 Å². The Labute approximate surface area is 89.9 Å². The van der Waals surface area contributed by atoms with Gasteiger partial charge in [-0.15, -0.1) is 0 Å². The fraction of sp³-hybridized carbons (Fsp3) is 0.333. The smallest absolute Gasteiger partial charge is 0.203 e. The molecule has 0 aliphatic heterocycles. The monoisotopic (exact) mass is 263 g/mol. The van der Waals surface area contributed by atoms with Crippen molar-refractivity contribution in [3.05, 3.63) is 34.9 Å². The van der Waals surface area contributed by atoms with E-state index < -0.39 is 40.7 Å². The predicted molar refractivity (Wildman–Crippen MR) is 39.6 cm³/mol. The van der Waals surface area contributed by atoms with Crippen LogP contribution in [0.4, 0.5) is 35.1 Å². The zero-order chi connectivity index (χ0) is 13.6. The van der Waals surface area contributed by atoms with Crippen LogP contribution in [-0.4, -0.2) is 5.92 Å². The van der Waals surface area contributed by atoms with Crippen LogP contribution in [-0.2, 0) is 5.92 Å². The van der Waals surface area contributed by atoms with Crippen molar-refractivity contribution in [3.63, 3.8) is 0 Å². The number of rotatable bonds is 2. The Morgan fingerprint density at radius 2 is 1.18 bits per heavy atom. The molecule has 0 atom stereocenters. The summed E-state index contributed by atoms with van der Waals surface area (Å²) in [6.07, 6.45) is 0. The maximum Gasteiger partial charge on any atom is 0.340 e. The molecule has 1 rings (SSSR count). The largest absolute Gasteiger partial charge is 0.340 e. The van der Waals surface area contributed by atoms with Crippen molar-refractivity contribution in [3.8, 4) is 0 Å². The molecule has 0 saturated carbocycles. The zero-order valence-electron chi connectivity index (χ0n) is 8.02. The molecule has 17 heavy (non-hydrogen) atoms. The summed E-state index contributed by atoms with van der Waals surface area (Å²) in [5.74, 6) is -20.1. The fourth-order valence-corrected chi connectivity index (χ4v) is 1.02. The van der Waals surface area contributed by atoms with Gasteiger partial charge in [0.2, 0.25) is 0 Å². The Bertz CT molecular complexity index is 419. The average Bonchev–Trinajstić information content (AvgIpc) is 2.13. The second kappa shape index (κ2) is 3.85. The quantitative estimate of drug-likeness (QED) is 0.562. The molecule has 0 amide bonds. The summed E-state index contributed by atoms with van der Waals surface area (Å²) in [4.78, 5) is 0. The molecule has 0 aliphatic carbocycles. The van der Waals surface area contributed by atoms with Gasteiger partial charge in [-0.05, 0) is 0 Å². The average molecular weight is 263 g/mol. The van der Waals surface area contributed by atoms with Crippen LogP contribution >= 0.6 is 0 Å². The number of hydrogen-bond donors (Lipinski definition) is 0. The molecule has 0 saturated heterocycles. The van der Waals surface area contributed by atoms with Crippen LogP contribution in [0.3, 0.4) is 0 Å². The van der Waals surface area contributed by atoms with Gasteiger partial charge in [-0.2, -0.15) is 17.6 Å². The summed E-state index contributed by atoms with van der Waals surface area (Å²) in [6.45, 7) is -0.335. The summed E-state index contributed by atoms with van der Waals surface area (Å²) >= 11 is 0. The highest BCUT2D eigenvalue weighted by Crippen LogP contribution is 2.45. The Kier molecular flexibility index (Phi) is 3.11. The van der Waals surface area contributed by atoms with Gasteiger partial charge in [-0.1, -0.05) is 0 Å². The molecule has 95 valence electrons. The highest BCUT2D eigenvalue weighted by atomic mass is 19.3. The molecule has 8 heteroatoms. The number of alkyl halides is 4. The van der Waals surface area contributed by atoms with Gasteiger partial charge < -0.3 is 0 Å². The number of benzene rings is 1. The van der Waals surface area contributed by atoms with Crippen LogP contribution in [0, 0.1) is 29.3 Å². The first-order valence-corrected chi connectivity index (χ1v) is 4.01. The Morgan fingerprint density at radius 3 is 1.47 bits per heavy atom. The lowest BCUT2D eigenvalue weighted by Crippen LogP contribution is -2.37. The van der Waals surface area contributed by atoms with Crippen LogP contribution in [0.2, 0.25) is 0 Å². The third-order valence-electron chi connectivity index (χ3n) is 1.91. The van der Waals surface area contributed by atoms with Crippen molar-refractivity contribution < 1.29 is 35.1 Å². The van der Waals surface area contributed by atoms with Gasteiger partial charge in [-0.3, -0.25) is 0 Å². The first kappa shape index (κ1) is 13.7. The predicted octanol–water partition coefficient (Wildman–Crippen LogP) is 3.79. The third kappa shape index (κ3) is 2.07. The minimum Gasteiger partial charge on any atom is -0.203 e. The molecule has 1 aromatic rings. The molecule has 0 N–H and O–H groups in total. The molecule has 0 aromatic heterocycles. The van der Waals surface area contributed by atoms with Crippen molar-refractivity contribution in [2.45, 2.75) is 18.8 Å². The lowest BCUT2D eigenvalue weighted by atomic mass is 10.0. The van der Waals surface area contributed by atoms with Crippen molar-refractivity contribution in [2.75, 3.05) is 0 Å². The molecular weight excluding hydrogens is 260 g/mol. The van der Waals surface area contributed by atoms with E-state index in [0.717, 1.165) is 6.07 Å². The van der Waals surface area contributed by atoms with Gasteiger partial charge in [0.05, 0.1) is 6.07 Å². The summed E-state index contributed by atoms with van der Waals surface area (Å²) in [5.41, 5.74) is -2.65. The Hall–Kier alpha value is -1.34. The molecule has 0 unspecified atom stereocenters. The van der Waals surface area contributed by atoms with Crippen LogP contribution < -0.4 is 0 Å². The second-order valence-electron chi connectivity index (χ2n) is 3.22. The lowest BCUT2D eigenvalue weighted by Gasteiger charge is -2.24.